The van der Waals surface area contributed by atoms with Crippen molar-refractivity contribution in [3.05, 3.63) is 101 Å². The SMILES string of the molecule is CCOc1ccc(/C=N/NC(=O)C2=C(O)c3ccccc3S(=O)(=O)N2Cc2ccccc2)cc1. The van der Waals surface area contributed by atoms with Crippen molar-refractivity contribution < 1.29 is 23.1 Å². The number of carbonyl (C=O) groups excluding carboxylic acids is 1. The number of hydrogen-bond donors (Lipinski definition) is 2. The van der Waals surface area contributed by atoms with E-state index < -0.39 is 27.4 Å². The topological polar surface area (TPSA) is 108 Å². The summed E-state index contributed by atoms with van der Waals surface area (Å²) in [5.74, 6) is -0.579. The van der Waals surface area contributed by atoms with Crippen LogP contribution in [0.5, 0.6) is 5.75 Å². The van der Waals surface area contributed by atoms with Crippen molar-refractivity contribution >= 4 is 27.9 Å². The lowest BCUT2D eigenvalue weighted by atomic mass is 10.1. The summed E-state index contributed by atoms with van der Waals surface area (Å²) in [7, 11) is -4.11. The molecule has 3 aromatic carbocycles. The van der Waals surface area contributed by atoms with E-state index in [9.17, 15) is 18.3 Å². The van der Waals surface area contributed by atoms with Crippen LogP contribution in [0.4, 0.5) is 0 Å². The molecule has 0 radical (unpaired) electrons. The maximum atomic E-state index is 13.4. The fourth-order valence-corrected chi connectivity index (χ4v) is 5.20. The third-order valence-corrected chi connectivity index (χ3v) is 6.94. The average Bonchev–Trinajstić information content (AvgIpc) is 2.85. The number of amides is 1. The minimum Gasteiger partial charge on any atom is -0.505 e. The highest BCUT2D eigenvalue weighted by molar-refractivity contribution is 7.89. The summed E-state index contributed by atoms with van der Waals surface area (Å²) in [6.07, 6.45) is 1.41. The molecule has 0 unspecified atom stereocenters. The molecular formula is C25H23N3O5S. The number of carbonyl (C=O) groups is 1. The van der Waals surface area contributed by atoms with Crippen molar-refractivity contribution in [2.24, 2.45) is 5.10 Å². The van der Waals surface area contributed by atoms with Gasteiger partial charge in [-0.2, -0.15) is 5.10 Å². The van der Waals surface area contributed by atoms with E-state index >= 15 is 0 Å². The zero-order chi connectivity index (χ0) is 24.1. The van der Waals surface area contributed by atoms with Crippen molar-refractivity contribution in [3.8, 4) is 5.75 Å². The molecule has 0 aromatic heterocycles. The number of aliphatic hydroxyl groups excluding tert-OH is 1. The molecule has 1 aliphatic rings. The Morgan fingerprint density at radius 3 is 2.41 bits per heavy atom. The number of nitrogens with one attached hydrogen (secondary N) is 1. The van der Waals surface area contributed by atoms with Crippen LogP contribution in [0.1, 0.15) is 23.6 Å². The molecule has 174 valence electrons. The van der Waals surface area contributed by atoms with Gasteiger partial charge in [-0.1, -0.05) is 42.5 Å². The molecule has 1 heterocycles. The highest BCUT2D eigenvalue weighted by Crippen LogP contribution is 2.36. The molecule has 0 fully saturated rings. The Bertz CT molecular complexity index is 1350. The molecule has 4 rings (SSSR count). The normalized spacial score (nSPS) is 14.7. The summed E-state index contributed by atoms with van der Waals surface area (Å²) < 4.78 is 33.1. The number of sulfonamides is 1. The quantitative estimate of drug-likeness (QED) is 0.399. The van der Waals surface area contributed by atoms with E-state index in [4.69, 9.17) is 4.74 Å². The Morgan fingerprint density at radius 1 is 1.03 bits per heavy atom. The van der Waals surface area contributed by atoms with Crippen LogP contribution in [0.15, 0.2) is 94.6 Å². The predicted octanol–water partition coefficient (Wildman–Crippen LogP) is 3.67. The number of aliphatic hydroxyl groups is 1. The second kappa shape index (κ2) is 9.80. The summed E-state index contributed by atoms with van der Waals surface area (Å²) in [6.45, 7) is 2.31. The highest BCUT2D eigenvalue weighted by atomic mass is 32.2. The van der Waals surface area contributed by atoms with Gasteiger partial charge in [-0.25, -0.2) is 13.8 Å². The maximum absolute atomic E-state index is 13.4. The lowest BCUT2D eigenvalue weighted by Gasteiger charge is -2.31. The number of fused-ring (bicyclic) bond motifs is 1. The van der Waals surface area contributed by atoms with Crippen LogP contribution >= 0.6 is 0 Å². The first-order chi connectivity index (χ1) is 16.4. The second-order valence-corrected chi connectivity index (χ2v) is 9.22. The molecule has 8 nitrogen and oxygen atoms in total. The first-order valence-electron chi connectivity index (χ1n) is 10.6. The number of hydrogen-bond acceptors (Lipinski definition) is 6. The van der Waals surface area contributed by atoms with Gasteiger partial charge in [0.25, 0.3) is 15.9 Å². The first kappa shape index (κ1) is 23.1. The minimum atomic E-state index is -4.11. The zero-order valence-electron chi connectivity index (χ0n) is 18.4. The van der Waals surface area contributed by atoms with E-state index in [-0.39, 0.29) is 17.0 Å². The molecule has 2 N–H and O–H groups in total. The van der Waals surface area contributed by atoms with Crippen LogP contribution in [-0.4, -0.2) is 36.6 Å². The summed E-state index contributed by atoms with van der Waals surface area (Å²) in [5.41, 5.74) is 3.35. The third-order valence-electron chi connectivity index (χ3n) is 5.14. The van der Waals surface area contributed by atoms with E-state index in [0.717, 1.165) is 4.31 Å². The van der Waals surface area contributed by atoms with Crippen molar-refractivity contribution in [2.75, 3.05) is 6.61 Å². The van der Waals surface area contributed by atoms with Gasteiger partial charge in [0.2, 0.25) is 0 Å². The van der Waals surface area contributed by atoms with Crippen molar-refractivity contribution in [1.82, 2.24) is 9.73 Å². The summed E-state index contributed by atoms with van der Waals surface area (Å²) in [6, 6.07) is 21.9. The second-order valence-electron chi connectivity index (χ2n) is 7.39. The van der Waals surface area contributed by atoms with Crippen LogP contribution in [0.3, 0.4) is 0 Å². The molecule has 0 aliphatic carbocycles. The van der Waals surface area contributed by atoms with E-state index in [2.05, 4.69) is 10.5 Å². The minimum absolute atomic E-state index is 0.0625. The molecule has 0 bridgehead atoms. The fourth-order valence-electron chi connectivity index (χ4n) is 3.54. The molecular weight excluding hydrogens is 454 g/mol. The van der Waals surface area contributed by atoms with Crippen molar-refractivity contribution in [1.29, 1.82) is 0 Å². The fraction of sp³-hybridized carbons (Fsp3) is 0.120. The predicted molar refractivity (Wildman–Crippen MR) is 129 cm³/mol. The highest BCUT2D eigenvalue weighted by Gasteiger charge is 2.40. The van der Waals surface area contributed by atoms with Crippen LogP contribution < -0.4 is 10.2 Å². The molecule has 0 saturated carbocycles. The van der Waals surface area contributed by atoms with E-state index in [0.29, 0.717) is 23.5 Å². The third kappa shape index (κ3) is 4.65. The number of rotatable bonds is 7. The molecule has 0 saturated heterocycles. The Kier molecular flexibility index (Phi) is 6.65. The monoisotopic (exact) mass is 477 g/mol. The van der Waals surface area contributed by atoms with Crippen molar-refractivity contribution in [3.63, 3.8) is 0 Å². The molecule has 34 heavy (non-hydrogen) atoms. The van der Waals surface area contributed by atoms with Gasteiger partial charge < -0.3 is 9.84 Å². The standard InChI is InChI=1S/C25H23N3O5S/c1-2-33-20-14-12-18(13-15-20)16-26-27-25(30)23-24(29)21-10-6-7-11-22(21)34(31,32)28(23)17-19-8-4-3-5-9-19/h3-16,29H,2,17H2,1H3,(H,27,30)/b26-16+. The first-order valence-corrected chi connectivity index (χ1v) is 12.0. The smallest absolute Gasteiger partial charge is 0.292 e. The van der Waals surface area contributed by atoms with E-state index in [1.54, 1.807) is 66.7 Å². The summed E-state index contributed by atoms with van der Waals surface area (Å²) >= 11 is 0. The van der Waals surface area contributed by atoms with Gasteiger partial charge >= 0.3 is 0 Å². The molecule has 0 atom stereocenters. The largest absolute Gasteiger partial charge is 0.505 e. The van der Waals surface area contributed by atoms with Crippen LogP contribution in [-0.2, 0) is 21.4 Å². The average molecular weight is 478 g/mol. The lowest BCUT2D eigenvalue weighted by Crippen LogP contribution is -2.40. The van der Waals surface area contributed by atoms with Gasteiger partial charge in [-0.15, -0.1) is 0 Å². The van der Waals surface area contributed by atoms with Gasteiger partial charge in [0, 0.05) is 5.56 Å². The van der Waals surface area contributed by atoms with Gasteiger partial charge in [-0.05, 0) is 54.4 Å². The van der Waals surface area contributed by atoms with Crippen LogP contribution in [0.25, 0.3) is 5.76 Å². The van der Waals surface area contributed by atoms with Gasteiger partial charge in [-0.3, -0.25) is 9.10 Å². The van der Waals surface area contributed by atoms with Gasteiger partial charge in [0.05, 0.1) is 24.3 Å². The van der Waals surface area contributed by atoms with E-state index in [1.807, 2.05) is 6.92 Å². The Hall–Kier alpha value is -4.11. The number of ether oxygens (including phenoxy) is 1. The molecule has 9 heteroatoms. The Balaban J connectivity index is 1.65. The molecule has 0 spiro atoms. The van der Waals surface area contributed by atoms with Crippen LogP contribution in [0.2, 0.25) is 0 Å². The number of hydrazone groups is 1. The van der Waals surface area contributed by atoms with Gasteiger partial charge in [0.1, 0.15) is 5.75 Å². The zero-order valence-corrected chi connectivity index (χ0v) is 19.2. The Morgan fingerprint density at radius 2 is 1.71 bits per heavy atom. The molecule has 3 aromatic rings. The Labute approximate surface area is 197 Å². The summed E-state index contributed by atoms with van der Waals surface area (Å²) in [5, 5.41) is 14.9. The number of nitrogens with zero attached hydrogens (tertiary/aromatic N) is 2. The van der Waals surface area contributed by atoms with Crippen LogP contribution in [0, 0.1) is 0 Å². The summed E-state index contributed by atoms with van der Waals surface area (Å²) in [4.78, 5) is 13.0. The molecule has 1 amide bonds. The van der Waals surface area contributed by atoms with Gasteiger partial charge in [0.15, 0.2) is 11.5 Å². The van der Waals surface area contributed by atoms with Crippen molar-refractivity contribution in [2.45, 2.75) is 18.4 Å². The molecule has 1 aliphatic heterocycles. The lowest BCUT2D eigenvalue weighted by molar-refractivity contribution is -0.118. The number of benzene rings is 3. The van der Waals surface area contributed by atoms with E-state index in [1.165, 1.54) is 18.3 Å². The maximum Gasteiger partial charge on any atom is 0.292 e.